The van der Waals surface area contributed by atoms with Crippen molar-refractivity contribution in [1.82, 2.24) is 15.1 Å². The van der Waals surface area contributed by atoms with E-state index in [1.165, 1.54) is 12.1 Å². The van der Waals surface area contributed by atoms with Crippen LogP contribution in [0.5, 0.6) is 0 Å². The Hall–Kier alpha value is -3.19. The Kier molecular flexibility index (Phi) is 5.57. The molecular weight excluding hydrogens is 393 g/mol. The van der Waals surface area contributed by atoms with Crippen molar-refractivity contribution in [3.63, 3.8) is 0 Å². The number of aromatic nitrogens is 2. The first-order valence-corrected chi connectivity index (χ1v) is 9.62. The van der Waals surface area contributed by atoms with E-state index in [0.717, 1.165) is 17.1 Å². The normalized spacial score (nSPS) is 14.0. The van der Waals surface area contributed by atoms with Gasteiger partial charge in [0.15, 0.2) is 5.82 Å². The SMILES string of the molecule is O=C(Nc1cccc(F)c1)N1CCN(c2ccc(-c3ccc(Cl)cc3)nn2)CC1. The first-order valence-electron chi connectivity index (χ1n) is 9.24. The van der Waals surface area contributed by atoms with Gasteiger partial charge in [-0.3, -0.25) is 0 Å². The summed E-state index contributed by atoms with van der Waals surface area (Å²) in [6.07, 6.45) is 0. The highest BCUT2D eigenvalue weighted by Gasteiger charge is 2.22. The van der Waals surface area contributed by atoms with Gasteiger partial charge in [-0.2, -0.15) is 0 Å². The monoisotopic (exact) mass is 411 g/mol. The van der Waals surface area contributed by atoms with Crippen LogP contribution in [0.2, 0.25) is 5.02 Å². The fourth-order valence-corrected chi connectivity index (χ4v) is 3.30. The van der Waals surface area contributed by atoms with Crippen molar-refractivity contribution in [2.45, 2.75) is 0 Å². The van der Waals surface area contributed by atoms with Crippen LogP contribution >= 0.6 is 11.6 Å². The number of halogens is 2. The number of rotatable bonds is 3. The summed E-state index contributed by atoms with van der Waals surface area (Å²) in [6, 6.07) is 16.9. The predicted molar refractivity (Wildman–Crippen MR) is 112 cm³/mol. The van der Waals surface area contributed by atoms with Crippen LogP contribution in [0.3, 0.4) is 0 Å². The number of urea groups is 1. The second-order valence-electron chi connectivity index (χ2n) is 6.70. The van der Waals surface area contributed by atoms with Gasteiger partial charge >= 0.3 is 6.03 Å². The number of hydrogen-bond donors (Lipinski definition) is 1. The molecule has 0 spiro atoms. The zero-order valence-electron chi connectivity index (χ0n) is 15.6. The summed E-state index contributed by atoms with van der Waals surface area (Å²) in [4.78, 5) is 16.2. The molecule has 1 aliphatic rings. The Balaban J connectivity index is 1.34. The molecule has 0 bridgehead atoms. The lowest BCUT2D eigenvalue weighted by molar-refractivity contribution is 0.208. The van der Waals surface area contributed by atoms with E-state index in [1.54, 1.807) is 17.0 Å². The van der Waals surface area contributed by atoms with Crippen LogP contribution in [0.15, 0.2) is 60.7 Å². The maximum Gasteiger partial charge on any atom is 0.321 e. The third-order valence-corrected chi connectivity index (χ3v) is 5.01. The third-order valence-electron chi connectivity index (χ3n) is 4.76. The molecule has 6 nitrogen and oxygen atoms in total. The Morgan fingerprint density at radius 2 is 1.72 bits per heavy atom. The topological polar surface area (TPSA) is 61.4 Å². The van der Waals surface area contributed by atoms with Crippen molar-refractivity contribution in [2.75, 3.05) is 36.4 Å². The highest BCUT2D eigenvalue weighted by Crippen LogP contribution is 2.21. The lowest BCUT2D eigenvalue weighted by Crippen LogP contribution is -2.50. The van der Waals surface area contributed by atoms with Crippen LogP contribution in [0.1, 0.15) is 0 Å². The summed E-state index contributed by atoms with van der Waals surface area (Å²) in [6.45, 7) is 2.38. The quantitative estimate of drug-likeness (QED) is 0.698. The van der Waals surface area contributed by atoms with Crippen LogP contribution in [0, 0.1) is 5.82 Å². The third kappa shape index (κ3) is 4.63. The fourth-order valence-electron chi connectivity index (χ4n) is 3.18. The minimum absolute atomic E-state index is 0.237. The Bertz CT molecular complexity index is 989. The van der Waals surface area contributed by atoms with Crippen molar-refractivity contribution in [3.8, 4) is 11.3 Å². The second kappa shape index (κ2) is 8.45. The predicted octanol–water partition coefficient (Wildman–Crippen LogP) is 4.29. The minimum Gasteiger partial charge on any atom is -0.352 e. The smallest absolute Gasteiger partial charge is 0.321 e. The molecule has 148 valence electrons. The van der Waals surface area contributed by atoms with E-state index >= 15 is 0 Å². The van der Waals surface area contributed by atoms with Gasteiger partial charge in [-0.25, -0.2) is 9.18 Å². The molecule has 0 atom stereocenters. The van der Waals surface area contributed by atoms with Gasteiger partial charge in [-0.1, -0.05) is 29.8 Å². The van der Waals surface area contributed by atoms with Crippen molar-refractivity contribution in [1.29, 1.82) is 0 Å². The molecule has 29 heavy (non-hydrogen) atoms. The van der Waals surface area contributed by atoms with Crippen molar-refractivity contribution in [3.05, 3.63) is 71.5 Å². The zero-order valence-corrected chi connectivity index (χ0v) is 16.3. The molecule has 0 radical (unpaired) electrons. The maximum atomic E-state index is 13.3. The van der Waals surface area contributed by atoms with Gasteiger partial charge in [0.1, 0.15) is 5.82 Å². The lowest BCUT2D eigenvalue weighted by atomic mass is 10.1. The Labute approximate surface area is 172 Å². The van der Waals surface area contributed by atoms with E-state index in [1.807, 2.05) is 36.4 Å². The van der Waals surface area contributed by atoms with E-state index < -0.39 is 0 Å². The summed E-state index contributed by atoms with van der Waals surface area (Å²) in [5, 5.41) is 12.0. The summed E-state index contributed by atoms with van der Waals surface area (Å²) in [5.74, 6) is 0.390. The molecule has 1 saturated heterocycles. The number of carbonyl (C=O) groups excluding carboxylic acids is 1. The van der Waals surface area contributed by atoms with Crippen LogP contribution in [-0.4, -0.2) is 47.3 Å². The molecule has 1 aromatic heterocycles. The molecule has 8 heteroatoms. The zero-order chi connectivity index (χ0) is 20.2. The number of hydrogen-bond acceptors (Lipinski definition) is 4. The molecule has 2 heterocycles. The van der Waals surface area contributed by atoms with Crippen molar-refractivity contribution in [2.24, 2.45) is 0 Å². The molecule has 1 N–H and O–H groups in total. The Morgan fingerprint density at radius 1 is 0.966 bits per heavy atom. The number of nitrogens with zero attached hydrogens (tertiary/aromatic N) is 4. The van der Waals surface area contributed by atoms with Crippen LogP contribution in [0.25, 0.3) is 11.3 Å². The van der Waals surface area contributed by atoms with Gasteiger partial charge in [-0.05, 0) is 42.5 Å². The molecule has 2 amide bonds. The average molecular weight is 412 g/mol. The molecule has 0 saturated carbocycles. The van der Waals surface area contributed by atoms with E-state index in [2.05, 4.69) is 20.4 Å². The first-order chi connectivity index (χ1) is 14.1. The van der Waals surface area contributed by atoms with E-state index in [4.69, 9.17) is 11.6 Å². The highest BCUT2D eigenvalue weighted by atomic mass is 35.5. The van der Waals surface area contributed by atoms with Gasteiger partial charge < -0.3 is 15.1 Å². The molecule has 3 aromatic rings. The van der Waals surface area contributed by atoms with Gasteiger partial charge in [0, 0.05) is 42.5 Å². The summed E-state index contributed by atoms with van der Waals surface area (Å²) in [7, 11) is 0. The maximum absolute atomic E-state index is 13.3. The highest BCUT2D eigenvalue weighted by molar-refractivity contribution is 6.30. The number of carbonyl (C=O) groups is 1. The average Bonchev–Trinajstić information content (AvgIpc) is 2.75. The van der Waals surface area contributed by atoms with E-state index in [-0.39, 0.29) is 11.8 Å². The van der Waals surface area contributed by atoms with E-state index in [0.29, 0.717) is 36.9 Å². The van der Waals surface area contributed by atoms with Gasteiger partial charge in [-0.15, -0.1) is 10.2 Å². The standard InChI is InChI=1S/C21H19ClFN5O/c22-16-6-4-15(5-7-16)19-8-9-20(26-25-19)27-10-12-28(13-11-27)21(29)24-18-3-1-2-17(23)14-18/h1-9,14H,10-13H2,(H,24,29). The van der Waals surface area contributed by atoms with Gasteiger partial charge in [0.25, 0.3) is 0 Å². The molecule has 0 aliphatic carbocycles. The molecule has 0 unspecified atom stereocenters. The number of nitrogens with one attached hydrogen (secondary N) is 1. The van der Waals surface area contributed by atoms with Crippen molar-refractivity contribution >= 4 is 29.1 Å². The van der Waals surface area contributed by atoms with Crippen LogP contribution < -0.4 is 10.2 Å². The summed E-state index contributed by atoms with van der Waals surface area (Å²) < 4.78 is 13.3. The van der Waals surface area contributed by atoms with Crippen LogP contribution in [0.4, 0.5) is 20.7 Å². The molecule has 2 aromatic carbocycles. The minimum atomic E-state index is -0.381. The lowest BCUT2D eigenvalue weighted by Gasteiger charge is -2.35. The number of amides is 2. The second-order valence-corrected chi connectivity index (χ2v) is 7.13. The number of piperazine rings is 1. The van der Waals surface area contributed by atoms with Gasteiger partial charge in [0.2, 0.25) is 0 Å². The molecular formula is C21H19ClFN5O. The fraction of sp³-hybridized carbons (Fsp3) is 0.190. The molecule has 1 aliphatic heterocycles. The first kappa shape index (κ1) is 19.1. The summed E-state index contributed by atoms with van der Waals surface area (Å²) >= 11 is 5.92. The van der Waals surface area contributed by atoms with Crippen molar-refractivity contribution < 1.29 is 9.18 Å². The number of benzene rings is 2. The Morgan fingerprint density at radius 3 is 2.38 bits per heavy atom. The summed E-state index contributed by atoms with van der Waals surface area (Å²) in [5.41, 5.74) is 2.17. The van der Waals surface area contributed by atoms with Crippen LogP contribution in [-0.2, 0) is 0 Å². The molecule has 4 rings (SSSR count). The van der Waals surface area contributed by atoms with Gasteiger partial charge in [0.05, 0.1) is 5.69 Å². The largest absolute Gasteiger partial charge is 0.352 e. The number of anilines is 2. The molecule has 1 fully saturated rings. The van der Waals surface area contributed by atoms with E-state index in [9.17, 15) is 9.18 Å².